The van der Waals surface area contributed by atoms with Gasteiger partial charge in [-0.2, -0.15) is 92.2 Å². The lowest BCUT2D eigenvalue weighted by Crippen LogP contribution is -2.76. The van der Waals surface area contributed by atoms with E-state index in [0.29, 0.717) is 106 Å². The monoisotopic (exact) mass is 1180 g/mol. The normalized spacial score (nSPS) is 14.1. The lowest BCUT2D eigenvalue weighted by Gasteiger charge is -2.44. The Morgan fingerprint density at radius 1 is 0.184 bits per heavy atom. The van der Waals surface area contributed by atoms with Crippen LogP contribution in [0.1, 0.15) is 6.42 Å². The highest BCUT2D eigenvalue weighted by Gasteiger charge is 2.97. The van der Waals surface area contributed by atoms with Crippen LogP contribution in [-0.2, 0) is 66.3 Å². The number of hydrogen-bond acceptors (Lipinski definition) is 15. The van der Waals surface area contributed by atoms with Crippen molar-refractivity contribution in [2.45, 2.75) is 65.9 Å². The first-order valence-corrected chi connectivity index (χ1v) is 22.5. The first kappa shape index (κ1) is 73.9. The average molecular weight is 1180 g/mol. The second-order valence-corrected chi connectivity index (χ2v) is 14.8. The molecular weight excluding hydrogens is 1120 g/mol. The molecule has 0 rings (SSSR count). The van der Waals surface area contributed by atoms with Gasteiger partial charge in [0, 0.05) is 6.42 Å². The van der Waals surface area contributed by atoms with Crippen molar-refractivity contribution in [1.29, 1.82) is 0 Å². The van der Waals surface area contributed by atoms with Crippen molar-refractivity contribution >= 4 is 0 Å². The highest BCUT2D eigenvalue weighted by Crippen LogP contribution is 2.66. The van der Waals surface area contributed by atoms with Crippen molar-refractivity contribution in [3.63, 3.8) is 0 Å². The SMILES string of the molecule is OCCOCCOCCOCCOCCOCCOCCOCCOCCOCCOCCOCCOCCOCCOCCC(F)(F)C(F)(F)C(F)(F)C(F)(F)C(F)(F)C(F)(F)C(F)(F)C(F)(F)C(F)(F)C(F)(F)F. The van der Waals surface area contributed by atoms with Crippen molar-refractivity contribution in [3.8, 4) is 0 Å². The topological polar surface area (TPSA) is 149 Å². The largest absolute Gasteiger partial charge is 0.460 e. The summed E-state index contributed by atoms with van der Waals surface area (Å²) in [6.45, 7) is 3.68. The molecule has 0 radical (unpaired) electrons. The zero-order chi connectivity index (χ0) is 58.1. The van der Waals surface area contributed by atoms with Gasteiger partial charge in [0.2, 0.25) is 0 Å². The van der Waals surface area contributed by atoms with Crippen LogP contribution in [0.15, 0.2) is 0 Å². The maximum Gasteiger partial charge on any atom is 0.460 e. The van der Waals surface area contributed by atoms with Gasteiger partial charge in [-0.25, -0.2) is 0 Å². The van der Waals surface area contributed by atoms with Crippen molar-refractivity contribution in [2.24, 2.45) is 0 Å². The summed E-state index contributed by atoms with van der Waals surface area (Å²) >= 11 is 0. The molecule has 0 aliphatic heterocycles. The minimum absolute atomic E-state index is 0.0107. The van der Waals surface area contributed by atoms with Crippen LogP contribution in [0, 0.1) is 0 Å². The first-order valence-electron chi connectivity index (χ1n) is 22.5. The van der Waals surface area contributed by atoms with E-state index in [1.165, 1.54) is 0 Å². The van der Waals surface area contributed by atoms with E-state index in [4.69, 9.17) is 66.7 Å². The summed E-state index contributed by atoms with van der Waals surface area (Å²) in [5.74, 6) is -77.3. The summed E-state index contributed by atoms with van der Waals surface area (Å²) in [5.41, 5.74) is 0. The lowest BCUT2D eigenvalue weighted by molar-refractivity contribution is -0.474. The molecule has 1 N–H and O–H groups in total. The molecule has 0 bridgehead atoms. The second-order valence-electron chi connectivity index (χ2n) is 14.8. The number of aliphatic hydroxyl groups is 1. The van der Waals surface area contributed by atoms with E-state index in [0.717, 1.165) is 0 Å². The third-order valence-corrected chi connectivity index (χ3v) is 9.21. The van der Waals surface area contributed by atoms with Gasteiger partial charge in [-0.1, -0.05) is 0 Å². The average Bonchev–Trinajstić information content (AvgIpc) is 3.33. The molecule has 0 spiro atoms. The predicted molar refractivity (Wildman–Crippen MR) is 214 cm³/mol. The third-order valence-electron chi connectivity index (χ3n) is 9.21. The molecule has 0 aromatic rings. The zero-order valence-electron chi connectivity index (χ0n) is 40.3. The van der Waals surface area contributed by atoms with E-state index in [2.05, 4.69) is 4.74 Å². The molecule has 0 atom stereocenters. The molecule has 15 nitrogen and oxygen atoms in total. The summed E-state index contributed by atoms with van der Waals surface area (Å²) in [6.07, 6.45) is -10.9. The fourth-order valence-corrected chi connectivity index (χ4v) is 4.97. The van der Waals surface area contributed by atoms with Gasteiger partial charge in [0.15, 0.2) is 0 Å². The Labute approximate surface area is 421 Å². The molecule has 458 valence electrons. The smallest absolute Gasteiger partial charge is 0.394 e. The van der Waals surface area contributed by atoms with Crippen LogP contribution < -0.4 is 0 Å². The molecular formula is C40H61F21O15. The van der Waals surface area contributed by atoms with Crippen molar-refractivity contribution in [1.82, 2.24) is 0 Å². The van der Waals surface area contributed by atoms with Crippen LogP contribution in [0.4, 0.5) is 92.2 Å². The molecule has 76 heavy (non-hydrogen) atoms. The summed E-state index contributed by atoms with van der Waals surface area (Å²) in [6, 6.07) is 0. The first-order chi connectivity index (χ1) is 35.3. The van der Waals surface area contributed by atoms with Crippen LogP contribution in [0.25, 0.3) is 0 Å². The predicted octanol–water partition coefficient (Wildman–Crippen LogP) is 6.88. The number of aliphatic hydroxyl groups excluding tert-OH is 1. The Morgan fingerprint density at radius 2 is 0.329 bits per heavy atom. The van der Waals surface area contributed by atoms with Crippen LogP contribution >= 0.6 is 0 Å². The Morgan fingerprint density at radius 3 is 0.500 bits per heavy atom. The van der Waals surface area contributed by atoms with E-state index in [1.807, 2.05) is 0 Å². The van der Waals surface area contributed by atoms with Crippen molar-refractivity contribution < 1.29 is 164 Å². The molecule has 0 saturated heterocycles. The number of alkyl halides is 21. The van der Waals surface area contributed by atoms with Gasteiger partial charge < -0.3 is 71.4 Å². The second kappa shape index (κ2) is 36.3. The number of ether oxygens (including phenoxy) is 14. The van der Waals surface area contributed by atoms with Crippen LogP contribution in [0.5, 0.6) is 0 Å². The van der Waals surface area contributed by atoms with Crippen LogP contribution in [-0.4, -0.2) is 256 Å². The van der Waals surface area contributed by atoms with Gasteiger partial charge >= 0.3 is 59.5 Å². The Balaban J connectivity index is 3.97. The van der Waals surface area contributed by atoms with Crippen LogP contribution in [0.3, 0.4) is 0 Å². The van der Waals surface area contributed by atoms with Gasteiger partial charge in [0.05, 0.1) is 192 Å². The highest BCUT2D eigenvalue weighted by atomic mass is 19.4. The molecule has 0 fully saturated rings. The van der Waals surface area contributed by atoms with Crippen molar-refractivity contribution in [3.05, 3.63) is 0 Å². The maximum absolute atomic E-state index is 14.0. The maximum atomic E-state index is 14.0. The number of halogens is 21. The van der Waals surface area contributed by atoms with E-state index in [9.17, 15) is 92.2 Å². The molecule has 0 aliphatic rings. The van der Waals surface area contributed by atoms with Gasteiger partial charge in [-0.15, -0.1) is 0 Å². The van der Waals surface area contributed by atoms with Crippen molar-refractivity contribution in [2.75, 3.05) is 192 Å². The highest BCUT2D eigenvalue weighted by molar-refractivity contribution is 5.18. The van der Waals surface area contributed by atoms with Gasteiger partial charge in [-0.3, -0.25) is 0 Å². The van der Waals surface area contributed by atoms with Gasteiger partial charge in [-0.05, 0) is 0 Å². The van der Waals surface area contributed by atoms with E-state index < -0.39 is 85.7 Å². The molecule has 0 saturated carbocycles. The molecule has 0 unspecified atom stereocenters. The van der Waals surface area contributed by atoms with Gasteiger partial charge in [0.1, 0.15) is 0 Å². The minimum atomic E-state index is -9.22. The fraction of sp³-hybridized carbons (Fsp3) is 1.00. The number of hydrogen-bond donors (Lipinski definition) is 1. The summed E-state index contributed by atoms with van der Waals surface area (Å²) < 4.78 is 356. The molecule has 0 aliphatic carbocycles. The summed E-state index contributed by atoms with van der Waals surface area (Å²) in [4.78, 5) is 0. The molecule has 36 heteroatoms. The lowest BCUT2D eigenvalue weighted by atomic mass is 9.86. The Kier molecular flexibility index (Phi) is 35.3. The van der Waals surface area contributed by atoms with E-state index >= 15 is 0 Å². The van der Waals surface area contributed by atoms with Crippen LogP contribution in [0.2, 0.25) is 0 Å². The molecule has 0 aromatic carbocycles. The van der Waals surface area contributed by atoms with E-state index in [1.54, 1.807) is 0 Å². The standard InChI is InChI=1S/C40H61F21O15/c41-31(42,32(43,44)33(45,46)34(47,48)35(49,50)36(51,52)37(53,54)38(55,56)39(57,58)40(59,60)61)1-3-63-5-7-65-9-11-67-13-15-69-17-19-71-21-23-73-25-27-75-29-30-76-28-26-74-24-22-72-20-18-70-16-14-68-12-10-66-8-6-64-4-2-62/h62H,1-30H2. The van der Waals surface area contributed by atoms with E-state index in [-0.39, 0.29) is 66.1 Å². The Hall–Kier alpha value is -2.07. The molecule has 0 aromatic heterocycles. The fourth-order valence-electron chi connectivity index (χ4n) is 4.97. The number of rotatable bonds is 52. The third kappa shape index (κ3) is 23.2. The molecule has 0 amide bonds. The summed E-state index contributed by atoms with van der Waals surface area (Å²) in [5, 5.41) is 8.58. The zero-order valence-corrected chi connectivity index (χ0v) is 40.3. The van der Waals surface area contributed by atoms with Gasteiger partial charge in [0.25, 0.3) is 0 Å². The Bertz CT molecular complexity index is 1460. The molecule has 0 heterocycles. The minimum Gasteiger partial charge on any atom is -0.394 e. The quantitative estimate of drug-likeness (QED) is 0.0498. The summed E-state index contributed by atoms with van der Waals surface area (Å²) in [7, 11) is 0.